The number of benzene rings is 1. The number of hydrogen-bond acceptors (Lipinski definition) is 2. The zero-order valence-electron chi connectivity index (χ0n) is 9.25. The second-order valence-corrected chi connectivity index (χ2v) is 3.75. The van der Waals surface area contributed by atoms with Gasteiger partial charge in [-0.05, 0) is 31.7 Å². The van der Waals surface area contributed by atoms with E-state index in [0.717, 1.165) is 18.8 Å². The first-order valence-corrected chi connectivity index (χ1v) is 5.28. The smallest absolute Gasteiger partial charge is 0.0504 e. The Morgan fingerprint density at radius 1 is 1.40 bits per heavy atom. The van der Waals surface area contributed by atoms with Crippen molar-refractivity contribution in [2.24, 2.45) is 0 Å². The van der Waals surface area contributed by atoms with Gasteiger partial charge in [-0.25, -0.2) is 0 Å². The summed E-state index contributed by atoms with van der Waals surface area (Å²) in [5, 5.41) is 4.48. The van der Waals surface area contributed by atoms with E-state index in [1.165, 1.54) is 16.5 Å². The minimum absolute atomic E-state index is 0.825. The summed E-state index contributed by atoms with van der Waals surface area (Å²) in [6.45, 7) is 4.02. The maximum absolute atomic E-state index is 5.80. The average molecular weight is 203 g/mol. The highest BCUT2D eigenvalue weighted by atomic mass is 15.0. The first kappa shape index (κ1) is 10.1. The summed E-state index contributed by atoms with van der Waals surface area (Å²) < 4.78 is 2.23. The molecule has 80 valence electrons. The predicted molar refractivity (Wildman–Crippen MR) is 64.8 cm³/mol. The Morgan fingerprint density at radius 2 is 2.20 bits per heavy atom. The van der Waals surface area contributed by atoms with Crippen molar-refractivity contribution in [3.05, 3.63) is 30.0 Å². The largest absolute Gasteiger partial charge is 0.399 e. The average Bonchev–Trinajstić information content (AvgIpc) is 2.56. The molecule has 0 unspecified atom stereocenters. The van der Waals surface area contributed by atoms with Gasteiger partial charge in [-0.2, -0.15) is 0 Å². The molecule has 0 saturated carbocycles. The van der Waals surface area contributed by atoms with Crippen LogP contribution in [0.3, 0.4) is 0 Å². The predicted octanol–water partition coefficient (Wildman–Crippen LogP) is 1.96. The number of rotatable bonds is 3. The summed E-state index contributed by atoms with van der Waals surface area (Å²) in [4.78, 5) is 0. The zero-order valence-corrected chi connectivity index (χ0v) is 9.25. The topological polar surface area (TPSA) is 43.0 Å². The molecule has 0 aliphatic rings. The molecule has 0 atom stereocenters. The summed E-state index contributed by atoms with van der Waals surface area (Å²) in [6.07, 6.45) is 2.20. The fourth-order valence-corrected chi connectivity index (χ4v) is 1.98. The Morgan fingerprint density at radius 3 is 2.87 bits per heavy atom. The number of nitrogen functional groups attached to an aromatic ring is 1. The van der Waals surface area contributed by atoms with Crippen LogP contribution in [0.25, 0.3) is 10.9 Å². The van der Waals surface area contributed by atoms with E-state index in [1.54, 1.807) is 0 Å². The molecule has 3 nitrogen and oxygen atoms in total. The molecular weight excluding hydrogens is 186 g/mol. The third-order valence-corrected chi connectivity index (χ3v) is 2.70. The van der Waals surface area contributed by atoms with Crippen LogP contribution in [0, 0.1) is 0 Å². The number of aryl methyl sites for hydroxylation is 1. The standard InChI is InChI=1S/C12H17N3/c1-3-15-8-9(7-14-2)11-5-4-10(13)6-12(11)15/h4-6,8,14H,3,7,13H2,1-2H3. The van der Waals surface area contributed by atoms with Gasteiger partial charge in [0, 0.05) is 30.4 Å². The highest BCUT2D eigenvalue weighted by Crippen LogP contribution is 2.23. The summed E-state index contributed by atoms with van der Waals surface area (Å²) in [6, 6.07) is 6.10. The van der Waals surface area contributed by atoms with Crippen molar-refractivity contribution in [2.75, 3.05) is 12.8 Å². The highest BCUT2D eigenvalue weighted by molar-refractivity contribution is 5.86. The molecule has 0 aliphatic carbocycles. The molecule has 3 N–H and O–H groups in total. The second kappa shape index (κ2) is 3.95. The molecule has 1 heterocycles. The molecule has 1 aromatic carbocycles. The van der Waals surface area contributed by atoms with Crippen LogP contribution >= 0.6 is 0 Å². The van der Waals surface area contributed by atoms with E-state index in [9.17, 15) is 0 Å². The van der Waals surface area contributed by atoms with E-state index < -0.39 is 0 Å². The third kappa shape index (κ3) is 1.70. The Balaban J connectivity index is 2.64. The number of nitrogens with two attached hydrogens (primary N) is 1. The second-order valence-electron chi connectivity index (χ2n) is 3.75. The van der Waals surface area contributed by atoms with Gasteiger partial charge < -0.3 is 15.6 Å². The van der Waals surface area contributed by atoms with Gasteiger partial charge in [-0.3, -0.25) is 0 Å². The lowest BCUT2D eigenvalue weighted by atomic mass is 10.1. The van der Waals surface area contributed by atoms with Crippen molar-refractivity contribution in [3.8, 4) is 0 Å². The lowest BCUT2D eigenvalue weighted by Gasteiger charge is -2.00. The van der Waals surface area contributed by atoms with Gasteiger partial charge in [0.25, 0.3) is 0 Å². The third-order valence-electron chi connectivity index (χ3n) is 2.70. The maximum Gasteiger partial charge on any atom is 0.0504 e. The monoisotopic (exact) mass is 203 g/mol. The Labute approximate surface area is 89.9 Å². The lowest BCUT2D eigenvalue weighted by Crippen LogP contribution is -2.04. The van der Waals surface area contributed by atoms with Gasteiger partial charge >= 0.3 is 0 Å². The van der Waals surface area contributed by atoms with Crippen LogP contribution in [0.4, 0.5) is 5.69 Å². The van der Waals surface area contributed by atoms with Crippen molar-refractivity contribution in [1.82, 2.24) is 9.88 Å². The summed E-state index contributed by atoms with van der Waals surface area (Å²) in [5.41, 5.74) is 9.18. The molecular formula is C12H17N3. The van der Waals surface area contributed by atoms with Gasteiger partial charge in [-0.1, -0.05) is 6.07 Å². The Hall–Kier alpha value is -1.48. The van der Waals surface area contributed by atoms with Gasteiger partial charge in [0.2, 0.25) is 0 Å². The molecule has 0 bridgehead atoms. The van der Waals surface area contributed by atoms with Crippen LogP contribution < -0.4 is 11.1 Å². The SMILES string of the molecule is CCn1cc(CNC)c2ccc(N)cc21. The summed E-state index contributed by atoms with van der Waals surface area (Å²) >= 11 is 0. The molecule has 15 heavy (non-hydrogen) atoms. The number of hydrogen-bond donors (Lipinski definition) is 2. The Kier molecular flexibility index (Phi) is 2.64. The minimum atomic E-state index is 0.825. The van der Waals surface area contributed by atoms with E-state index in [-0.39, 0.29) is 0 Å². The summed E-state index contributed by atoms with van der Waals surface area (Å²) in [7, 11) is 1.96. The highest BCUT2D eigenvalue weighted by Gasteiger charge is 2.06. The molecule has 3 heteroatoms. The summed E-state index contributed by atoms with van der Waals surface area (Å²) in [5.74, 6) is 0. The molecule has 2 rings (SSSR count). The van der Waals surface area contributed by atoms with Gasteiger partial charge in [0.1, 0.15) is 0 Å². The van der Waals surface area contributed by atoms with E-state index in [0.29, 0.717) is 0 Å². The molecule has 2 aromatic rings. The molecule has 0 fully saturated rings. The molecule has 0 saturated heterocycles. The fraction of sp³-hybridized carbons (Fsp3) is 0.333. The first-order chi connectivity index (χ1) is 7.26. The molecule has 0 radical (unpaired) electrons. The van der Waals surface area contributed by atoms with Crippen molar-refractivity contribution in [1.29, 1.82) is 0 Å². The molecule has 1 aromatic heterocycles. The van der Waals surface area contributed by atoms with Crippen molar-refractivity contribution in [3.63, 3.8) is 0 Å². The minimum Gasteiger partial charge on any atom is -0.399 e. The number of nitrogens with one attached hydrogen (secondary N) is 1. The van der Waals surface area contributed by atoms with Crippen LogP contribution in [-0.2, 0) is 13.1 Å². The van der Waals surface area contributed by atoms with Crippen LogP contribution in [0.5, 0.6) is 0 Å². The quantitative estimate of drug-likeness (QED) is 0.749. The van der Waals surface area contributed by atoms with Crippen molar-refractivity contribution >= 4 is 16.6 Å². The molecule has 0 amide bonds. The van der Waals surface area contributed by atoms with E-state index >= 15 is 0 Å². The first-order valence-electron chi connectivity index (χ1n) is 5.28. The maximum atomic E-state index is 5.80. The fourth-order valence-electron chi connectivity index (χ4n) is 1.98. The van der Waals surface area contributed by atoms with E-state index in [4.69, 9.17) is 5.73 Å². The zero-order chi connectivity index (χ0) is 10.8. The molecule has 0 aliphatic heterocycles. The Bertz CT molecular complexity index is 471. The van der Waals surface area contributed by atoms with Crippen LogP contribution in [0.1, 0.15) is 12.5 Å². The number of fused-ring (bicyclic) bond motifs is 1. The van der Waals surface area contributed by atoms with Crippen LogP contribution in [0.15, 0.2) is 24.4 Å². The molecule has 0 spiro atoms. The van der Waals surface area contributed by atoms with Crippen molar-refractivity contribution in [2.45, 2.75) is 20.0 Å². The van der Waals surface area contributed by atoms with E-state index in [2.05, 4.69) is 29.1 Å². The van der Waals surface area contributed by atoms with Gasteiger partial charge in [0.15, 0.2) is 0 Å². The number of aromatic nitrogens is 1. The van der Waals surface area contributed by atoms with E-state index in [1.807, 2.05) is 19.2 Å². The van der Waals surface area contributed by atoms with Crippen LogP contribution in [0.2, 0.25) is 0 Å². The van der Waals surface area contributed by atoms with Gasteiger partial charge in [-0.15, -0.1) is 0 Å². The number of anilines is 1. The normalized spacial score (nSPS) is 11.1. The lowest BCUT2D eigenvalue weighted by molar-refractivity contribution is 0.775. The number of nitrogens with zero attached hydrogens (tertiary/aromatic N) is 1. The van der Waals surface area contributed by atoms with Crippen LogP contribution in [-0.4, -0.2) is 11.6 Å². The van der Waals surface area contributed by atoms with Gasteiger partial charge in [0.05, 0.1) is 5.52 Å². The van der Waals surface area contributed by atoms with Crippen molar-refractivity contribution < 1.29 is 0 Å².